The monoisotopic (exact) mass is 203 g/mol. The van der Waals surface area contributed by atoms with Gasteiger partial charge in [0.2, 0.25) is 6.08 Å². The average Bonchev–Trinajstić information content (AvgIpc) is 2.05. The Balaban J connectivity index is 3.07. The largest absolute Gasteiger partial charge is 0.379 e. The molecule has 0 saturated heterocycles. The molecule has 5 heteroatoms. The van der Waals surface area contributed by atoms with Crippen LogP contribution in [-0.4, -0.2) is 6.08 Å². The molecule has 68 valence electrons. The van der Waals surface area contributed by atoms with Gasteiger partial charge in [0.05, 0.1) is 0 Å². The molecular weight excluding hydrogens is 200 g/mol. The Morgan fingerprint density at radius 1 is 1.31 bits per heavy atom. The van der Waals surface area contributed by atoms with Gasteiger partial charge in [-0.05, 0) is 24.3 Å². The maximum atomic E-state index is 12.8. The summed E-state index contributed by atoms with van der Waals surface area (Å²) in [7, 11) is 0. The number of hydrogen-bond acceptors (Lipinski definition) is 2. The molecule has 1 aromatic rings. The van der Waals surface area contributed by atoms with Crippen LogP contribution in [0.2, 0.25) is 5.02 Å². The van der Waals surface area contributed by atoms with Crippen LogP contribution in [0.3, 0.4) is 0 Å². The number of carbonyl (C=O) groups excluding carboxylic acids is 1. The second-order valence-corrected chi connectivity index (χ2v) is 2.69. The van der Waals surface area contributed by atoms with Gasteiger partial charge in [-0.3, -0.25) is 0 Å². The van der Waals surface area contributed by atoms with E-state index in [2.05, 4.69) is 4.99 Å². The zero-order valence-electron chi connectivity index (χ0n) is 6.30. The lowest BCUT2D eigenvalue weighted by molar-refractivity contribution is 0.00618. The van der Waals surface area contributed by atoms with Gasteiger partial charge >= 0.3 is 6.05 Å². The Bertz CT molecular complexity index is 344. The van der Waals surface area contributed by atoms with Crippen LogP contribution in [0.1, 0.15) is 5.56 Å². The van der Waals surface area contributed by atoms with Gasteiger partial charge in [0.15, 0.2) is 0 Å². The second kappa shape index (κ2) is 3.64. The zero-order chi connectivity index (χ0) is 9.90. The molecule has 0 heterocycles. The maximum Gasteiger partial charge on any atom is 0.379 e. The van der Waals surface area contributed by atoms with Gasteiger partial charge in [0, 0.05) is 10.6 Å². The van der Waals surface area contributed by atoms with Crippen LogP contribution in [0.5, 0.6) is 0 Å². The highest BCUT2D eigenvalue weighted by molar-refractivity contribution is 6.30. The second-order valence-electron chi connectivity index (χ2n) is 2.25. The van der Waals surface area contributed by atoms with Crippen molar-refractivity contribution >= 4 is 17.7 Å². The Hall–Kier alpha value is -1.25. The minimum Gasteiger partial charge on any atom is -0.211 e. The van der Waals surface area contributed by atoms with E-state index in [9.17, 15) is 13.6 Å². The first-order chi connectivity index (χ1) is 6.06. The molecule has 2 nitrogen and oxygen atoms in total. The number of hydrogen-bond donors (Lipinski definition) is 0. The lowest BCUT2D eigenvalue weighted by Gasteiger charge is -2.08. The summed E-state index contributed by atoms with van der Waals surface area (Å²) in [5.74, 6) is 0. The summed E-state index contributed by atoms with van der Waals surface area (Å²) in [6.07, 6.45) is 0.813. The van der Waals surface area contributed by atoms with Crippen molar-refractivity contribution < 1.29 is 13.6 Å². The van der Waals surface area contributed by atoms with Crippen molar-refractivity contribution in [1.82, 2.24) is 0 Å². The van der Waals surface area contributed by atoms with Crippen LogP contribution in [-0.2, 0) is 10.8 Å². The number of isocyanates is 1. The van der Waals surface area contributed by atoms with Crippen LogP contribution in [0.15, 0.2) is 29.3 Å². The fourth-order valence-electron chi connectivity index (χ4n) is 0.772. The average molecular weight is 204 g/mol. The van der Waals surface area contributed by atoms with Gasteiger partial charge in [0.25, 0.3) is 0 Å². The van der Waals surface area contributed by atoms with E-state index in [1.807, 2.05) is 0 Å². The smallest absolute Gasteiger partial charge is 0.211 e. The predicted molar refractivity (Wildman–Crippen MR) is 43.5 cm³/mol. The molecule has 0 aliphatic rings. The quantitative estimate of drug-likeness (QED) is 0.413. The number of alkyl halides is 2. The Morgan fingerprint density at radius 2 is 1.85 bits per heavy atom. The number of aliphatic imine (C=N–C) groups is 1. The molecule has 0 saturated carbocycles. The maximum absolute atomic E-state index is 12.8. The van der Waals surface area contributed by atoms with Crippen molar-refractivity contribution in [1.29, 1.82) is 0 Å². The number of rotatable bonds is 2. The molecular formula is C8H4ClF2NO. The van der Waals surface area contributed by atoms with Crippen LogP contribution < -0.4 is 0 Å². The standard InChI is InChI=1S/C8H4ClF2NO/c9-7-3-1-6(2-4-7)8(10,11)12-5-13/h1-4H. The SMILES string of the molecule is O=C=NC(F)(F)c1ccc(Cl)cc1. The molecule has 0 bridgehead atoms. The Morgan fingerprint density at radius 3 is 2.31 bits per heavy atom. The summed E-state index contributed by atoms with van der Waals surface area (Å²) < 4.78 is 25.6. The van der Waals surface area contributed by atoms with E-state index in [4.69, 9.17) is 11.6 Å². The van der Waals surface area contributed by atoms with Crippen LogP contribution in [0, 0.1) is 0 Å². The molecule has 0 amide bonds. The highest BCUT2D eigenvalue weighted by atomic mass is 35.5. The molecule has 0 atom stereocenters. The Labute approximate surface area is 77.9 Å². The van der Waals surface area contributed by atoms with E-state index >= 15 is 0 Å². The third-order valence-corrected chi connectivity index (χ3v) is 1.63. The molecule has 0 unspecified atom stereocenters. The number of halogens is 3. The first kappa shape index (κ1) is 9.84. The van der Waals surface area contributed by atoms with E-state index in [1.165, 1.54) is 12.1 Å². The summed E-state index contributed by atoms with van der Waals surface area (Å²) in [4.78, 5) is 12.0. The summed E-state index contributed by atoms with van der Waals surface area (Å²) in [5, 5.41) is 0.342. The predicted octanol–water partition coefficient (Wildman–Crippen LogP) is 2.73. The van der Waals surface area contributed by atoms with Crippen molar-refractivity contribution in [3.63, 3.8) is 0 Å². The molecule has 0 radical (unpaired) electrons. The lowest BCUT2D eigenvalue weighted by atomic mass is 10.2. The molecule has 0 fully saturated rings. The fraction of sp³-hybridized carbons (Fsp3) is 0.125. The van der Waals surface area contributed by atoms with E-state index in [0.29, 0.717) is 5.02 Å². The van der Waals surface area contributed by atoms with Crippen LogP contribution in [0.25, 0.3) is 0 Å². The van der Waals surface area contributed by atoms with Crippen LogP contribution >= 0.6 is 11.6 Å². The van der Waals surface area contributed by atoms with Crippen molar-refractivity contribution in [3.05, 3.63) is 34.9 Å². The van der Waals surface area contributed by atoms with Gasteiger partial charge in [-0.1, -0.05) is 11.6 Å². The zero-order valence-corrected chi connectivity index (χ0v) is 7.05. The molecule has 0 aromatic heterocycles. The third kappa shape index (κ3) is 2.34. The van der Waals surface area contributed by atoms with Crippen molar-refractivity contribution in [2.75, 3.05) is 0 Å². The molecule has 1 aromatic carbocycles. The van der Waals surface area contributed by atoms with Gasteiger partial charge in [-0.2, -0.15) is 8.78 Å². The summed E-state index contributed by atoms with van der Waals surface area (Å²) >= 11 is 5.49. The van der Waals surface area contributed by atoms with Crippen molar-refractivity contribution in [2.45, 2.75) is 6.05 Å². The highest BCUT2D eigenvalue weighted by Gasteiger charge is 2.30. The van der Waals surface area contributed by atoms with Crippen molar-refractivity contribution in [2.24, 2.45) is 4.99 Å². The van der Waals surface area contributed by atoms with Gasteiger partial charge < -0.3 is 0 Å². The number of benzene rings is 1. The van der Waals surface area contributed by atoms with E-state index in [1.54, 1.807) is 0 Å². The molecule has 0 aliphatic heterocycles. The van der Waals surface area contributed by atoms with E-state index < -0.39 is 6.05 Å². The summed E-state index contributed by atoms with van der Waals surface area (Å²) in [6.45, 7) is 0. The fourth-order valence-corrected chi connectivity index (χ4v) is 0.898. The summed E-state index contributed by atoms with van der Waals surface area (Å²) in [6, 6.07) is 1.27. The number of nitrogens with zero attached hydrogens (tertiary/aromatic N) is 1. The lowest BCUT2D eigenvalue weighted by Crippen LogP contribution is -2.08. The first-order valence-electron chi connectivity index (χ1n) is 3.29. The van der Waals surface area contributed by atoms with Gasteiger partial charge in [-0.15, -0.1) is 4.99 Å². The van der Waals surface area contributed by atoms with Crippen molar-refractivity contribution in [3.8, 4) is 0 Å². The highest BCUT2D eigenvalue weighted by Crippen LogP contribution is 2.29. The molecule has 1 rings (SSSR count). The van der Waals surface area contributed by atoms with E-state index in [-0.39, 0.29) is 5.56 Å². The minimum absolute atomic E-state index is 0.342. The molecule has 13 heavy (non-hydrogen) atoms. The van der Waals surface area contributed by atoms with E-state index in [0.717, 1.165) is 18.2 Å². The first-order valence-corrected chi connectivity index (χ1v) is 3.67. The Kier molecular flexibility index (Phi) is 2.76. The summed E-state index contributed by atoms with van der Waals surface area (Å²) in [5.41, 5.74) is -0.389. The topological polar surface area (TPSA) is 29.4 Å². The normalized spacial score (nSPS) is 10.7. The third-order valence-electron chi connectivity index (χ3n) is 1.38. The minimum atomic E-state index is -3.52. The molecule has 0 N–H and O–H groups in total. The van der Waals surface area contributed by atoms with Gasteiger partial charge in [-0.25, -0.2) is 4.79 Å². The molecule has 0 spiro atoms. The molecule has 0 aliphatic carbocycles. The van der Waals surface area contributed by atoms with Crippen LogP contribution in [0.4, 0.5) is 8.78 Å². The van der Waals surface area contributed by atoms with Gasteiger partial charge in [0.1, 0.15) is 0 Å².